The molecular formula is C20H16N4O2. The topological polar surface area (TPSA) is 80.0 Å². The van der Waals surface area contributed by atoms with E-state index in [9.17, 15) is 4.79 Å². The van der Waals surface area contributed by atoms with E-state index in [1.165, 1.54) is 0 Å². The number of aromatic nitrogens is 2. The van der Waals surface area contributed by atoms with Gasteiger partial charge in [0.15, 0.2) is 0 Å². The van der Waals surface area contributed by atoms with Gasteiger partial charge in [0.2, 0.25) is 0 Å². The number of hydrogen-bond donors (Lipinski definition) is 2. The molecule has 0 saturated carbocycles. The zero-order valence-corrected chi connectivity index (χ0v) is 13.8. The number of rotatable bonds is 5. The first-order chi connectivity index (χ1) is 12.8. The molecule has 128 valence electrons. The van der Waals surface area contributed by atoms with Crippen molar-refractivity contribution in [3.63, 3.8) is 0 Å². The number of nitrogens with one attached hydrogen (secondary N) is 2. The van der Waals surface area contributed by atoms with Gasteiger partial charge in [-0.1, -0.05) is 18.2 Å². The van der Waals surface area contributed by atoms with E-state index >= 15 is 0 Å². The van der Waals surface area contributed by atoms with Gasteiger partial charge in [0.05, 0.1) is 35.9 Å². The maximum absolute atomic E-state index is 12.1. The molecule has 2 N–H and O–H groups in total. The largest absolute Gasteiger partial charge is 0.467 e. The molecule has 0 aliphatic rings. The molecule has 0 fully saturated rings. The molecule has 4 aromatic rings. The van der Waals surface area contributed by atoms with Crippen LogP contribution in [-0.2, 0) is 6.54 Å². The van der Waals surface area contributed by atoms with Crippen LogP contribution in [0.4, 0.5) is 11.4 Å². The number of carbonyl (C=O) groups is 1. The quantitative estimate of drug-likeness (QED) is 0.574. The molecule has 0 radical (unpaired) electrons. The van der Waals surface area contributed by atoms with Gasteiger partial charge in [0.25, 0.3) is 5.91 Å². The fourth-order valence-electron chi connectivity index (χ4n) is 2.63. The number of pyridine rings is 2. The first-order valence-corrected chi connectivity index (χ1v) is 8.17. The minimum absolute atomic E-state index is 0.250. The summed E-state index contributed by atoms with van der Waals surface area (Å²) in [6.45, 7) is 0.329. The van der Waals surface area contributed by atoms with Crippen LogP contribution in [0.15, 0.2) is 77.7 Å². The van der Waals surface area contributed by atoms with Crippen LogP contribution in [0.1, 0.15) is 16.2 Å². The van der Waals surface area contributed by atoms with Crippen LogP contribution >= 0.6 is 0 Å². The maximum Gasteiger partial charge on any atom is 0.270 e. The molecule has 4 rings (SSSR count). The van der Waals surface area contributed by atoms with Crippen molar-refractivity contribution in [2.75, 3.05) is 5.32 Å². The van der Waals surface area contributed by atoms with Crippen molar-refractivity contribution in [1.29, 1.82) is 0 Å². The van der Waals surface area contributed by atoms with Crippen molar-refractivity contribution < 1.29 is 9.21 Å². The van der Waals surface area contributed by atoms with Gasteiger partial charge >= 0.3 is 0 Å². The third kappa shape index (κ3) is 3.39. The van der Waals surface area contributed by atoms with E-state index in [1.807, 2.05) is 36.4 Å². The number of amides is 1. The first kappa shape index (κ1) is 15.8. The highest BCUT2D eigenvalue weighted by atomic mass is 16.3. The van der Waals surface area contributed by atoms with Crippen molar-refractivity contribution in [3.05, 3.63) is 84.7 Å². The van der Waals surface area contributed by atoms with Crippen molar-refractivity contribution in [2.45, 2.75) is 6.54 Å². The summed E-state index contributed by atoms with van der Waals surface area (Å²) in [7, 11) is 0. The van der Waals surface area contributed by atoms with Gasteiger partial charge in [0, 0.05) is 11.6 Å². The van der Waals surface area contributed by atoms with Crippen molar-refractivity contribution >= 4 is 28.2 Å². The Balaban J connectivity index is 1.46. The average Bonchev–Trinajstić information content (AvgIpc) is 3.21. The van der Waals surface area contributed by atoms with Crippen LogP contribution < -0.4 is 10.6 Å². The third-order valence-electron chi connectivity index (χ3n) is 3.91. The molecule has 1 aromatic carbocycles. The Morgan fingerprint density at radius 2 is 1.92 bits per heavy atom. The molecule has 0 spiro atoms. The maximum atomic E-state index is 12.1. The van der Waals surface area contributed by atoms with E-state index in [4.69, 9.17) is 4.42 Å². The number of carbonyl (C=O) groups excluding carboxylic acids is 1. The van der Waals surface area contributed by atoms with Gasteiger partial charge in [-0.05, 0) is 36.4 Å². The van der Waals surface area contributed by atoms with E-state index in [0.29, 0.717) is 18.0 Å². The zero-order chi connectivity index (χ0) is 17.8. The predicted molar refractivity (Wildman–Crippen MR) is 99.1 cm³/mol. The van der Waals surface area contributed by atoms with Crippen LogP contribution in [0.5, 0.6) is 0 Å². The van der Waals surface area contributed by atoms with Gasteiger partial charge in [-0.3, -0.25) is 9.78 Å². The molecule has 3 aromatic heterocycles. The van der Waals surface area contributed by atoms with Crippen molar-refractivity contribution in [1.82, 2.24) is 15.3 Å². The summed E-state index contributed by atoms with van der Waals surface area (Å²) in [5.41, 5.74) is 2.90. The van der Waals surface area contributed by atoms with E-state index in [-0.39, 0.29) is 5.91 Å². The third-order valence-corrected chi connectivity index (χ3v) is 3.91. The summed E-state index contributed by atoms with van der Waals surface area (Å²) in [4.78, 5) is 20.8. The van der Waals surface area contributed by atoms with E-state index in [2.05, 4.69) is 20.6 Å². The van der Waals surface area contributed by atoms with Gasteiger partial charge < -0.3 is 15.1 Å². The second-order valence-corrected chi connectivity index (χ2v) is 5.70. The van der Waals surface area contributed by atoms with Gasteiger partial charge in [-0.25, -0.2) is 4.98 Å². The number of fused-ring (bicyclic) bond motifs is 1. The lowest BCUT2D eigenvalue weighted by Gasteiger charge is -2.09. The molecular weight excluding hydrogens is 328 g/mol. The van der Waals surface area contributed by atoms with Crippen LogP contribution in [0.3, 0.4) is 0 Å². The molecule has 0 unspecified atom stereocenters. The monoisotopic (exact) mass is 344 g/mol. The average molecular weight is 344 g/mol. The molecule has 26 heavy (non-hydrogen) atoms. The number of anilines is 2. The van der Waals surface area contributed by atoms with E-state index in [0.717, 1.165) is 22.3 Å². The van der Waals surface area contributed by atoms with Gasteiger partial charge in [-0.2, -0.15) is 0 Å². The molecule has 0 aliphatic heterocycles. The van der Waals surface area contributed by atoms with E-state index in [1.54, 1.807) is 36.9 Å². The smallest absolute Gasteiger partial charge is 0.270 e. The molecule has 6 heteroatoms. The van der Waals surface area contributed by atoms with Crippen LogP contribution in [0.2, 0.25) is 0 Å². The van der Waals surface area contributed by atoms with E-state index < -0.39 is 0 Å². The second-order valence-electron chi connectivity index (χ2n) is 5.70. The number of para-hydroxylation sites is 1. The minimum atomic E-state index is -0.250. The number of benzene rings is 1. The zero-order valence-electron chi connectivity index (χ0n) is 13.8. The standard InChI is InChI=1S/C20H16N4O2/c25-20(23-13-16-6-3-11-26-16)18-9-8-15(12-22-18)24-17-7-1-4-14-5-2-10-21-19(14)17/h1-12,24H,13H2,(H,23,25). The Kier molecular flexibility index (Phi) is 4.30. The Hall–Kier alpha value is -3.67. The number of hydrogen-bond acceptors (Lipinski definition) is 5. The molecule has 0 aliphatic carbocycles. The Morgan fingerprint density at radius 1 is 1.00 bits per heavy atom. The summed E-state index contributed by atoms with van der Waals surface area (Å²) < 4.78 is 5.19. The first-order valence-electron chi connectivity index (χ1n) is 8.17. The number of furan rings is 1. The normalized spacial score (nSPS) is 10.6. The Labute approximate surface area is 149 Å². The lowest BCUT2D eigenvalue weighted by molar-refractivity contribution is 0.0943. The molecule has 3 heterocycles. The fraction of sp³-hybridized carbons (Fsp3) is 0.0500. The Bertz CT molecular complexity index is 1020. The van der Waals surface area contributed by atoms with Crippen molar-refractivity contribution in [2.24, 2.45) is 0 Å². The highest BCUT2D eigenvalue weighted by Crippen LogP contribution is 2.24. The molecule has 1 amide bonds. The summed E-state index contributed by atoms with van der Waals surface area (Å²) >= 11 is 0. The lowest BCUT2D eigenvalue weighted by atomic mass is 10.2. The van der Waals surface area contributed by atoms with Crippen LogP contribution in [0, 0.1) is 0 Å². The lowest BCUT2D eigenvalue weighted by Crippen LogP contribution is -2.23. The summed E-state index contributed by atoms with van der Waals surface area (Å²) in [5, 5.41) is 7.12. The molecule has 0 atom stereocenters. The van der Waals surface area contributed by atoms with Crippen LogP contribution in [0.25, 0.3) is 10.9 Å². The molecule has 6 nitrogen and oxygen atoms in total. The minimum Gasteiger partial charge on any atom is -0.467 e. The van der Waals surface area contributed by atoms with Crippen LogP contribution in [-0.4, -0.2) is 15.9 Å². The van der Waals surface area contributed by atoms with Gasteiger partial charge in [0.1, 0.15) is 11.5 Å². The predicted octanol–water partition coefficient (Wildman–Crippen LogP) is 3.90. The highest BCUT2D eigenvalue weighted by molar-refractivity contribution is 5.93. The molecule has 0 bridgehead atoms. The highest BCUT2D eigenvalue weighted by Gasteiger charge is 2.08. The second kappa shape index (κ2) is 7.06. The Morgan fingerprint density at radius 3 is 2.73 bits per heavy atom. The summed E-state index contributed by atoms with van der Waals surface area (Å²) in [6, 6.07) is 16.9. The van der Waals surface area contributed by atoms with Crippen molar-refractivity contribution in [3.8, 4) is 0 Å². The summed E-state index contributed by atoms with van der Waals surface area (Å²) in [5.74, 6) is 0.444. The SMILES string of the molecule is O=C(NCc1ccco1)c1ccc(Nc2cccc3cccnc23)cn1. The molecule has 0 saturated heterocycles. The summed E-state index contributed by atoms with van der Waals surface area (Å²) in [6.07, 6.45) is 4.96. The fourth-order valence-corrected chi connectivity index (χ4v) is 2.63. The van der Waals surface area contributed by atoms with Gasteiger partial charge in [-0.15, -0.1) is 0 Å². The number of nitrogens with zero attached hydrogens (tertiary/aromatic N) is 2.